The van der Waals surface area contributed by atoms with E-state index >= 15 is 0 Å². The van der Waals surface area contributed by atoms with Gasteiger partial charge in [-0.1, -0.05) is 39.7 Å². The van der Waals surface area contributed by atoms with Crippen molar-refractivity contribution in [2.75, 3.05) is 12.4 Å². The highest BCUT2D eigenvalue weighted by Gasteiger charge is 2.10. The van der Waals surface area contributed by atoms with E-state index in [1.54, 1.807) is 36.4 Å². The van der Waals surface area contributed by atoms with E-state index in [0.717, 1.165) is 4.47 Å². The molecule has 0 unspecified atom stereocenters. The molecule has 25 heavy (non-hydrogen) atoms. The van der Waals surface area contributed by atoms with Gasteiger partial charge in [0.25, 0.3) is 0 Å². The lowest BCUT2D eigenvalue weighted by atomic mass is 10.2. The molecule has 2 rings (SSSR count). The summed E-state index contributed by atoms with van der Waals surface area (Å²) < 4.78 is 6.05. The van der Waals surface area contributed by atoms with Gasteiger partial charge in [0.15, 0.2) is 0 Å². The van der Waals surface area contributed by atoms with E-state index < -0.39 is 11.8 Å². The van der Waals surface area contributed by atoms with Crippen molar-refractivity contribution in [1.82, 2.24) is 5.43 Å². The van der Waals surface area contributed by atoms with Crippen LogP contribution in [0, 0.1) is 0 Å². The summed E-state index contributed by atoms with van der Waals surface area (Å²) in [6.07, 6.45) is 1.06. The van der Waals surface area contributed by atoms with Crippen molar-refractivity contribution < 1.29 is 14.3 Å². The summed E-state index contributed by atoms with van der Waals surface area (Å²) in [5.74, 6) is -0.423. The van der Waals surface area contributed by atoms with Gasteiger partial charge < -0.3 is 10.1 Å². The van der Waals surface area contributed by atoms with Crippen molar-refractivity contribution in [2.24, 2.45) is 5.10 Å². The van der Waals surface area contributed by atoms with Gasteiger partial charge in [-0.25, -0.2) is 5.43 Å². The molecule has 0 saturated heterocycles. The number of amides is 2. The number of para-hydroxylation sites is 1. The number of hydrazone groups is 1. The summed E-state index contributed by atoms with van der Waals surface area (Å²) in [5.41, 5.74) is 3.43. The maximum Gasteiger partial charge on any atom is 0.249 e. The number of nitrogens with zero attached hydrogens (tertiary/aromatic N) is 1. The second-order valence-corrected chi connectivity index (χ2v) is 6.21. The third-order valence-electron chi connectivity index (χ3n) is 3.05. The quantitative estimate of drug-likeness (QED) is 0.422. The number of benzene rings is 2. The molecule has 6 nitrogen and oxygen atoms in total. The maximum atomic E-state index is 11.8. The summed E-state index contributed by atoms with van der Waals surface area (Å²) in [4.78, 5) is 23.6. The Bertz CT molecular complexity index is 811. The Balaban J connectivity index is 1.89. The number of nitrogens with one attached hydrogen (secondary N) is 2. The van der Waals surface area contributed by atoms with Gasteiger partial charge in [-0.3, -0.25) is 9.59 Å². The van der Waals surface area contributed by atoms with Crippen LogP contribution in [0.5, 0.6) is 5.75 Å². The fourth-order valence-electron chi connectivity index (χ4n) is 1.92. The Labute approximate surface area is 158 Å². The highest BCUT2D eigenvalue weighted by Crippen LogP contribution is 2.21. The van der Waals surface area contributed by atoms with E-state index in [1.807, 2.05) is 6.07 Å². The fourth-order valence-corrected chi connectivity index (χ4v) is 2.48. The van der Waals surface area contributed by atoms with E-state index in [9.17, 15) is 9.59 Å². The zero-order valence-corrected chi connectivity index (χ0v) is 15.6. The van der Waals surface area contributed by atoms with Crippen LogP contribution >= 0.6 is 27.5 Å². The smallest absolute Gasteiger partial charge is 0.249 e. The number of methoxy groups -OCH3 is 1. The van der Waals surface area contributed by atoms with Crippen molar-refractivity contribution in [3.8, 4) is 5.75 Å². The first kappa shape index (κ1) is 19.0. The van der Waals surface area contributed by atoms with Crippen molar-refractivity contribution in [2.45, 2.75) is 6.42 Å². The standard InChI is InChI=1S/C17H15BrClN3O3/c1-25-15-7-6-12(18)8-11(15)10-20-22-17(24)9-16(23)21-14-5-3-2-4-13(14)19/h2-8,10H,9H2,1H3,(H,21,23)(H,22,24). The largest absolute Gasteiger partial charge is 0.496 e. The molecule has 130 valence electrons. The van der Waals surface area contributed by atoms with Crippen LogP contribution in [-0.4, -0.2) is 25.1 Å². The first-order chi connectivity index (χ1) is 12.0. The summed E-state index contributed by atoms with van der Waals surface area (Å²) in [7, 11) is 1.54. The Morgan fingerprint density at radius 3 is 2.72 bits per heavy atom. The molecule has 0 aliphatic carbocycles. The minimum absolute atomic E-state index is 0.377. The molecular formula is C17H15BrClN3O3. The van der Waals surface area contributed by atoms with Gasteiger partial charge >= 0.3 is 0 Å². The number of ether oxygens (including phenoxy) is 1. The summed E-state index contributed by atoms with van der Waals surface area (Å²) in [6.45, 7) is 0. The van der Waals surface area contributed by atoms with Crippen LogP contribution in [0.25, 0.3) is 0 Å². The monoisotopic (exact) mass is 423 g/mol. The van der Waals surface area contributed by atoms with Crippen LogP contribution in [0.1, 0.15) is 12.0 Å². The third kappa shape index (κ3) is 5.88. The molecule has 0 heterocycles. The Kier molecular flexibility index (Phi) is 6.97. The molecule has 0 spiro atoms. The minimum atomic E-state index is -0.547. The van der Waals surface area contributed by atoms with E-state index in [2.05, 4.69) is 31.8 Å². The normalized spacial score (nSPS) is 10.5. The predicted octanol–water partition coefficient (Wildman–Crippen LogP) is 3.59. The van der Waals surface area contributed by atoms with Crippen LogP contribution in [0.4, 0.5) is 5.69 Å². The molecule has 0 aromatic heterocycles. The number of anilines is 1. The molecule has 0 radical (unpaired) electrons. The van der Waals surface area contributed by atoms with Gasteiger partial charge in [0, 0.05) is 10.0 Å². The molecule has 0 aliphatic rings. The minimum Gasteiger partial charge on any atom is -0.496 e. The zero-order chi connectivity index (χ0) is 18.2. The van der Waals surface area contributed by atoms with Gasteiger partial charge in [-0.05, 0) is 30.3 Å². The number of carbonyl (C=O) groups is 2. The Morgan fingerprint density at radius 1 is 1.24 bits per heavy atom. The average Bonchev–Trinajstić information content (AvgIpc) is 2.57. The van der Waals surface area contributed by atoms with E-state index in [0.29, 0.717) is 22.0 Å². The topological polar surface area (TPSA) is 79.8 Å². The molecule has 2 aromatic carbocycles. The SMILES string of the molecule is COc1ccc(Br)cc1C=NNC(=O)CC(=O)Nc1ccccc1Cl. The molecule has 0 bridgehead atoms. The van der Waals surface area contributed by atoms with Gasteiger partial charge in [-0.15, -0.1) is 0 Å². The first-order valence-corrected chi connectivity index (χ1v) is 8.36. The maximum absolute atomic E-state index is 11.8. The predicted molar refractivity (Wildman–Crippen MR) is 101 cm³/mol. The summed E-state index contributed by atoms with van der Waals surface area (Å²) >= 11 is 9.29. The molecule has 2 amide bonds. The molecule has 8 heteroatoms. The van der Waals surface area contributed by atoms with Crippen LogP contribution < -0.4 is 15.5 Å². The summed E-state index contributed by atoms with van der Waals surface area (Å²) in [6, 6.07) is 12.2. The Morgan fingerprint density at radius 2 is 2.00 bits per heavy atom. The van der Waals surface area contributed by atoms with Gasteiger partial charge in [0.1, 0.15) is 12.2 Å². The van der Waals surface area contributed by atoms with Crippen molar-refractivity contribution in [1.29, 1.82) is 0 Å². The van der Waals surface area contributed by atoms with E-state index in [-0.39, 0.29) is 6.42 Å². The number of hydrogen-bond acceptors (Lipinski definition) is 4. The van der Waals surface area contributed by atoms with Crippen LogP contribution in [0.15, 0.2) is 52.0 Å². The average molecular weight is 425 g/mol. The highest BCUT2D eigenvalue weighted by molar-refractivity contribution is 9.10. The van der Waals surface area contributed by atoms with Crippen LogP contribution in [0.3, 0.4) is 0 Å². The summed E-state index contributed by atoms with van der Waals surface area (Å²) in [5, 5.41) is 6.80. The molecule has 2 N–H and O–H groups in total. The molecule has 0 aliphatic heterocycles. The van der Waals surface area contributed by atoms with E-state index in [4.69, 9.17) is 16.3 Å². The number of hydrogen-bond donors (Lipinski definition) is 2. The number of halogens is 2. The van der Waals surface area contributed by atoms with Crippen LogP contribution in [-0.2, 0) is 9.59 Å². The van der Waals surface area contributed by atoms with Crippen molar-refractivity contribution in [3.05, 3.63) is 57.5 Å². The lowest BCUT2D eigenvalue weighted by Gasteiger charge is -2.06. The molecule has 0 fully saturated rings. The number of carbonyl (C=O) groups excluding carboxylic acids is 2. The second-order valence-electron chi connectivity index (χ2n) is 4.88. The van der Waals surface area contributed by atoms with Crippen molar-refractivity contribution >= 4 is 51.2 Å². The highest BCUT2D eigenvalue weighted by atomic mass is 79.9. The van der Waals surface area contributed by atoms with Gasteiger partial charge in [0.05, 0.1) is 24.0 Å². The zero-order valence-electron chi connectivity index (χ0n) is 13.3. The number of rotatable bonds is 6. The molecule has 2 aromatic rings. The first-order valence-electron chi connectivity index (χ1n) is 7.19. The second kappa shape index (κ2) is 9.19. The lowest BCUT2D eigenvalue weighted by molar-refractivity contribution is -0.126. The van der Waals surface area contributed by atoms with Crippen LogP contribution in [0.2, 0.25) is 5.02 Å². The molecular weight excluding hydrogens is 410 g/mol. The third-order valence-corrected chi connectivity index (χ3v) is 3.88. The van der Waals surface area contributed by atoms with Gasteiger partial charge in [-0.2, -0.15) is 5.10 Å². The Hall–Kier alpha value is -2.38. The fraction of sp³-hybridized carbons (Fsp3) is 0.118. The lowest BCUT2D eigenvalue weighted by Crippen LogP contribution is -2.24. The van der Waals surface area contributed by atoms with E-state index in [1.165, 1.54) is 13.3 Å². The van der Waals surface area contributed by atoms with Crippen molar-refractivity contribution in [3.63, 3.8) is 0 Å². The molecule has 0 saturated carbocycles. The molecule has 0 atom stereocenters. The van der Waals surface area contributed by atoms with Gasteiger partial charge in [0.2, 0.25) is 11.8 Å².